The summed E-state index contributed by atoms with van der Waals surface area (Å²) in [4.78, 5) is 13.6. The Balaban J connectivity index is 1.75. The van der Waals surface area contributed by atoms with Crippen molar-refractivity contribution in [2.75, 3.05) is 13.1 Å². The van der Waals surface area contributed by atoms with Gasteiger partial charge in [-0.05, 0) is 45.6 Å². The lowest BCUT2D eigenvalue weighted by Crippen LogP contribution is -2.44. The first-order valence-electron chi connectivity index (χ1n) is 6.89. The molecule has 2 atom stereocenters. The Hall–Kier alpha value is -0.610. The molecule has 1 aliphatic carbocycles. The van der Waals surface area contributed by atoms with Crippen LogP contribution in [0.3, 0.4) is 0 Å². The van der Waals surface area contributed by atoms with E-state index < -0.39 is 5.97 Å². The van der Waals surface area contributed by atoms with Gasteiger partial charge in [-0.1, -0.05) is 6.42 Å². The highest BCUT2D eigenvalue weighted by molar-refractivity contribution is 5.73. The molecule has 1 saturated carbocycles. The fourth-order valence-corrected chi connectivity index (χ4v) is 2.60. The smallest absolute Gasteiger partial charge is 0.320 e. The van der Waals surface area contributed by atoms with Gasteiger partial charge in [-0.15, -0.1) is 0 Å². The van der Waals surface area contributed by atoms with Crippen molar-refractivity contribution in [3.8, 4) is 0 Å². The van der Waals surface area contributed by atoms with E-state index in [4.69, 9.17) is 5.11 Å². The molecule has 1 heterocycles. The lowest BCUT2D eigenvalue weighted by molar-refractivity contribution is -0.139. The standard InChI is InChI=1S/C13H24N2O2/c1-10-4-2-3-8-15(10)9-7-12(13(16)17)14-11-5-6-11/h10-12,14H,2-9H2,1H3,(H,16,17). The van der Waals surface area contributed by atoms with E-state index in [1.54, 1.807) is 0 Å². The molecule has 17 heavy (non-hydrogen) atoms. The molecule has 0 aromatic carbocycles. The number of nitrogens with zero attached hydrogens (tertiary/aromatic N) is 1. The van der Waals surface area contributed by atoms with Crippen LogP contribution in [0.5, 0.6) is 0 Å². The Kier molecular flexibility index (Phi) is 4.40. The summed E-state index contributed by atoms with van der Waals surface area (Å²) in [6.07, 6.45) is 6.86. The maximum atomic E-state index is 11.1. The molecule has 2 unspecified atom stereocenters. The molecular weight excluding hydrogens is 216 g/mol. The van der Waals surface area contributed by atoms with Gasteiger partial charge in [0.25, 0.3) is 0 Å². The molecule has 98 valence electrons. The minimum absolute atomic E-state index is 0.350. The molecule has 4 heteroatoms. The van der Waals surface area contributed by atoms with Gasteiger partial charge in [0, 0.05) is 18.6 Å². The lowest BCUT2D eigenvalue weighted by atomic mass is 10.0. The van der Waals surface area contributed by atoms with Crippen LogP contribution in [0.2, 0.25) is 0 Å². The number of hydrogen-bond acceptors (Lipinski definition) is 3. The van der Waals surface area contributed by atoms with Crippen LogP contribution >= 0.6 is 0 Å². The average molecular weight is 240 g/mol. The minimum Gasteiger partial charge on any atom is -0.480 e. The monoisotopic (exact) mass is 240 g/mol. The zero-order valence-corrected chi connectivity index (χ0v) is 10.7. The molecule has 2 rings (SSSR count). The van der Waals surface area contributed by atoms with E-state index in [2.05, 4.69) is 17.1 Å². The quantitative estimate of drug-likeness (QED) is 0.738. The minimum atomic E-state index is -0.693. The summed E-state index contributed by atoms with van der Waals surface area (Å²) in [5.74, 6) is -0.693. The van der Waals surface area contributed by atoms with Crippen LogP contribution in [0.4, 0.5) is 0 Å². The van der Waals surface area contributed by atoms with Gasteiger partial charge in [0.05, 0.1) is 0 Å². The van der Waals surface area contributed by atoms with E-state index in [-0.39, 0.29) is 6.04 Å². The molecule has 0 bridgehead atoms. The van der Waals surface area contributed by atoms with Crippen LogP contribution in [0.1, 0.15) is 45.4 Å². The summed E-state index contributed by atoms with van der Waals surface area (Å²) < 4.78 is 0. The first kappa shape index (κ1) is 12.8. The van der Waals surface area contributed by atoms with E-state index in [1.807, 2.05) is 0 Å². The van der Waals surface area contributed by atoms with Gasteiger partial charge in [-0.2, -0.15) is 0 Å². The third-order valence-electron chi connectivity index (χ3n) is 3.96. The highest BCUT2D eigenvalue weighted by atomic mass is 16.4. The Morgan fingerprint density at radius 3 is 2.76 bits per heavy atom. The summed E-state index contributed by atoms with van der Waals surface area (Å²) in [5.41, 5.74) is 0. The van der Waals surface area contributed by atoms with Crippen molar-refractivity contribution in [3.63, 3.8) is 0 Å². The van der Waals surface area contributed by atoms with Crippen molar-refractivity contribution in [1.29, 1.82) is 0 Å². The van der Waals surface area contributed by atoms with Gasteiger partial charge < -0.3 is 15.3 Å². The van der Waals surface area contributed by atoms with Crippen molar-refractivity contribution < 1.29 is 9.90 Å². The van der Waals surface area contributed by atoms with Gasteiger partial charge in [-0.3, -0.25) is 4.79 Å². The van der Waals surface area contributed by atoms with Gasteiger partial charge in [-0.25, -0.2) is 0 Å². The number of carbonyl (C=O) groups is 1. The summed E-state index contributed by atoms with van der Waals surface area (Å²) >= 11 is 0. The number of hydrogen-bond donors (Lipinski definition) is 2. The van der Waals surface area contributed by atoms with Crippen LogP contribution in [0, 0.1) is 0 Å². The van der Waals surface area contributed by atoms with Gasteiger partial charge in [0.15, 0.2) is 0 Å². The number of carboxylic acids is 1. The zero-order valence-electron chi connectivity index (χ0n) is 10.7. The second kappa shape index (κ2) is 5.83. The van der Waals surface area contributed by atoms with Crippen LogP contribution in [-0.2, 0) is 4.79 Å². The highest BCUT2D eigenvalue weighted by Crippen LogP contribution is 2.21. The average Bonchev–Trinajstić information content (AvgIpc) is 3.09. The number of likely N-dealkylation sites (tertiary alicyclic amines) is 1. The molecule has 0 aromatic heterocycles. The molecule has 0 radical (unpaired) electrons. The molecule has 2 N–H and O–H groups in total. The van der Waals surface area contributed by atoms with E-state index in [0.29, 0.717) is 12.1 Å². The van der Waals surface area contributed by atoms with Crippen LogP contribution in [0.15, 0.2) is 0 Å². The van der Waals surface area contributed by atoms with E-state index in [1.165, 1.54) is 19.3 Å². The molecule has 0 aromatic rings. The summed E-state index contributed by atoms with van der Waals surface area (Å²) in [6, 6.07) is 0.741. The first-order valence-corrected chi connectivity index (χ1v) is 6.89. The van der Waals surface area contributed by atoms with E-state index in [0.717, 1.165) is 32.4 Å². The third kappa shape index (κ3) is 3.96. The molecule has 0 amide bonds. The van der Waals surface area contributed by atoms with Crippen LogP contribution in [-0.4, -0.2) is 47.2 Å². The molecule has 4 nitrogen and oxygen atoms in total. The highest BCUT2D eigenvalue weighted by Gasteiger charge is 2.29. The topological polar surface area (TPSA) is 52.6 Å². The summed E-state index contributed by atoms with van der Waals surface area (Å²) in [5, 5.41) is 12.4. The fraction of sp³-hybridized carbons (Fsp3) is 0.923. The van der Waals surface area contributed by atoms with Gasteiger partial charge in [0.1, 0.15) is 6.04 Å². The fourth-order valence-electron chi connectivity index (χ4n) is 2.60. The van der Waals surface area contributed by atoms with E-state index >= 15 is 0 Å². The van der Waals surface area contributed by atoms with Crippen molar-refractivity contribution in [1.82, 2.24) is 10.2 Å². The Bertz CT molecular complexity index is 266. The zero-order chi connectivity index (χ0) is 12.3. The molecule has 0 spiro atoms. The Labute approximate surface area is 103 Å². The van der Waals surface area contributed by atoms with Crippen LogP contribution in [0.25, 0.3) is 0 Å². The van der Waals surface area contributed by atoms with Gasteiger partial charge in [0.2, 0.25) is 0 Å². The predicted molar refractivity (Wildman–Crippen MR) is 67.1 cm³/mol. The predicted octanol–water partition coefficient (Wildman–Crippen LogP) is 1.46. The van der Waals surface area contributed by atoms with Crippen molar-refractivity contribution in [2.45, 2.75) is 63.6 Å². The number of piperidine rings is 1. The Morgan fingerprint density at radius 1 is 1.41 bits per heavy atom. The second-order valence-corrected chi connectivity index (χ2v) is 5.50. The van der Waals surface area contributed by atoms with Crippen molar-refractivity contribution in [2.24, 2.45) is 0 Å². The maximum absolute atomic E-state index is 11.1. The van der Waals surface area contributed by atoms with Crippen molar-refractivity contribution >= 4 is 5.97 Å². The number of aliphatic carboxylic acids is 1. The number of nitrogens with one attached hydrogen (secondary N) is 1. The summed E-state index contributed by atoms with van der Waals surface area (Å²) in [7, 11) is 0. The normalized spacial score (nSPS) is 27.9. The molecular formula is C13H24N2O2. The van der Waals surface area contributed by atoms with Gasteiger partial charge >= 0.3 is 5.97 Å². The summed E-state index contributed by atoms with van der Waals surface area (Å²) in [6.45, 7) is 4.30. The molecule has 2 aliphatic rings. The van der Waals surface area contributed by atoms with Crippen molar-refractivity contribution in [3.05, 3.63) is 0 Å². The van der Waals surface area contributed by atoms with Crippen LogP contribution < -0.4 is 5.32 Å². The molecule has 1 aliphatic heterocycles. The Morgan fingerprint density at radius 2 is 2.18 bits per heavy atom. The number of rotatable bonds is 6. The largest absolute Gasteiger partial charge is 0.480 e. The lowest BCUT2D eigenvalue weighted by Gasteiger charge is -2.34. The third-order valence-corrected chi connectivity index (χ3v) is 3.96. The SMILES string of the molecule is CC1CCCCN1CCC(NC1CC1)C(=O)O. The second-order valence-electron chi connectivity index (χ2n) is 5.50. The van der Waals surface area contributed by atoms with E-state index in [9.17, 15) is 4.79 Å². The first-order chi connectivity index (χ1) is 8.16. The number of carboxylic acid groups (broad SMARTS) is 1. The molecule has 1 saturated heterocycles. The molecule has 2 fully saturated rings. The maximum Gasteiger partial charge on any atom is 0.320 e.